The van der Waals surface area contributed by atoms with Crippen molar-refractivity contribution < 1.29 is 22.9 Å². The molecule has 0 aliphatic rings. The maximum Gasteiger partial charge on any atom is 0.262 e. The summed E-state index contributed by atoms with van der Waals surface area (Å²) in [5.41, 5.74) is -0.00623. The van der Waals surface area contributed by atoms with Crippen LogP contribution in [0.4, 0.5) is 11.4 Å². The summed E-state index contributed by atoms with van der Waals surface area (Å²) in [7, 11) is -4.18. The van der Waals surface area contributed by atoms with Crippen LogP contribution >= 0.6 is 27.5 Å². The Kier molecular flexibility index (Phi) is 7.53. The van der Waals surface area contributed by atoms with Gasteiger partial charge in [0.05, 0.1) is 10.9 Å². The number of carboxylic acid groups (broad SMARTS) is 1. The van der Waals surface area contributed by atoms with Crippen molar-refractivity contribution in [3.05, 3.63) is 83.6 Å². The summed E-state index contributed by atoms with van der Waals surface area (Å²) < 4.78 is 30.0. The van der Waals surface area contributed by atoms with Gasteiger partial charge in [0.1, 0.15) is 0 Å². The minimum Gasteiger partial charge on any atom is -0.545 e. The van der Waals surface area contributed by atoms with E-state index in [1.807, 2.05) is 35.2 Å². The van der Waals surface area contributed by atoms with Crippen LogP contribution in [0.2, 0.25) is 5.02 Å². The highest BCUT2D eigenvalue weighted by molar-refractivity contribution is 9.09. The van der Waals surface area contributed by atoms with Gasteiger partial charge in [-0.15, -0.1) is 0 Å². The zero-order valence-electron chi connectivity index (χ0n) is 16.2. The van der Waals surface area contributed by atoms with Gasteiger partial charge in [0.2, 0.25) is 4.95 Å². The van der Waals surface area contributed by atoms with Crippen molar-refractivity contribution in [2.45, 2.75) is 16.3 Å². The molecule has 0 saturated carbocycles. The predicted molar refractivity (Wildman–Crippen MR) is 121 cm³/mol. The molecule has 2 N–H and O–H groups in total. The second kappa shape index (κ2) is 10.1. The lowest BCUT2D eigenvalue weighted by Gasteiger charge is -2.18. The number of alkyl halides is 1. The van der Waals surface area contributed by atoms with Crippen LogP contribution in [0.5, 0.6) is 0 Å². The van der Waals surface area contributed by atoms with Crippen LogP contribution in [0.25, 0.3) is 0 Å². The van der Waals surface area contributed by atoms with E-state index in [-0.39, 0.29) is 21.2 Å². The number of benzene rings is 2. The van der Waals surface area contributed by atoms with Gasteiger partial charge in [-0.1, -0.05) is 23.7 Å². The molecule has 2 aromatic carbocycles. The van der Waals surface area contributed by atoms with Crippen molar-refractivity contribution in [3.63, 3.8) is 0 Å². The molecule has 31 heavy (non-hydrogen) atoms. The van der Waals surface area contributed by atoms with Crippen molar-refractivity contribution in [3.8, 4) is 0 Å². The number of aromatic nitrogens is 1. The molecule has 0 bridgehead atoms. The Morgan fingerprint density at radius 3 is 2.39 bits per heavy atom. The highest BCUT2D eigenvalue weighted by Gasteiger charge is 2.22. The summed E-state index contributed by atoms with van der Waals surface area (Å²) in [6, 6.07) is 15.9. The quantitative estimate of drug-likeness (QED) is 0.331. The molecule has 3 aromatic rings. The fraction of sp³-hybridized carbons (Fsp3) is 0.143. The number of carboxylic acids is 1. The normalized spacial score (nSPS) is 12.2. The summed E-state index contributed by atoms with van der Waals surface area (Å²) >= 11 is 9.40. The van der Waals surface area contributed by atoms with Gasteiger partial charge in [0.25, 0.3) is 10.0 Å². The molecule has 3 rings (SSSR count). The van der Waals surface area contributed by atoms with Gasteiger partial charge in [-0.2, -0.15) is 4.57 Å². The molecule has 7 nitrogen and oxygen atoms in total. The molecular formula is C21H19BrClN3O4S. The van der Waals surface area contributed by atoms with Crippen LogP contribution in [0.15, 0.2) is 78.0 Å². The van der Waals surface area contributed by atoms with E-state index in [0.717, 1.165) is 0 Å². The number of pyridine rings is 1. The van der Waals surface area contributed by atoms with Crippen LogP contribution in [0.1, 0.15) is 21.7 Å². The van der Waals surface area contributed by atoms with Crippen LogP contribution in [0.3, 0.4) is 0 Å². The standard InChI is InChI=1S/C21H19BrClN3O4S/c22-19(26-13-2-1-3-14-26)11-12-24-17-5-4-6-18(20(17)21(27)28)31(29,30)25-16-9-7-15(23)8-10-16/h1-10,13-14,19,24-25H,11-12H2. The number of rotatable bonds is 9. The van der Waals surface area contributed by atoms with Crippen molar-refractivity contribution in [2.24, 2.45) is 0 Å². The lowest BCUT2D eigenvalue weighted by atomic mass is 10.1. The Morgan fingerprint density at radius 2 is 1.74 bits per heavy atom. The van der Waals surface area contributed by atoms with E-state index in [4.69, 9.17) is 11.6 Å². The van der Waals surface area contributed by atoms with Crippen molar-refractivity contribution in [1.29, 1.82) is 0 Å². The van der Waals surface area contributed by atoms with Gasteiger partial charge < -0.3 is 15.2 Å². The molecule has 10 heteroatoms. The SMILES string of the molecule is O=C([O-])c1c(NCCC(Br)[n+]2ccccc2)cccc1S(=O)(=O)Nc1ccc(Cl)cc1. The molecule has 0 spiro atoms. The first-order chi connectivity index (χ1) is 14.8. The van der Waals surface area contributed by atoms with Gasteiger partial charge in [0, 0.05) is 47.1 Å². The number of carbonyl (C=O) groups is 1. The molecule has 0 fully saturated rings. The zero-order valence-corrected chi connectivity index (χ0v) is 19.3. The molecule has 0 aliphatic heterocycles. The van der Waals surface area contributed by atoms with Gasteiger partial charge in [-0.3, -0.25) is 4.72 Å². The van der Waals surface area contributed by atoms with E-state index in [2.05, 4.69) is 26.0 Å². The van der Waals surface area contributed by atoms with E-state index >= 15 is 0 Å². The average Bonchev–Trinajstić information content (AvgIpc) is 2.75. The molecule has 0 radical (unpaired) electrons. The number of hydrogen-bond acceptors (Lipinski definition) is 5. The van der Waals surface area contributed by atoms with Gasteiger partial charge in [-0.25, -0.2) is 8.42 Å². The number of carbonyl (C=O) groups excluding carboxylic acids is 1. The van der Waals surface area contributed by atoms with Crippen molar-refractivity contribution in [2.75, 3.05) is 16.6 Å². The Labute approximate surface area is 193 Å². The number of aromatic carboxylic acids is 1. The van der Waals surface area contributed by atoms with Crippen molar-refractivity contribution in [1.82, 2.24) is 0 Å². The molecule has 0 aliphatic carbocycles. The molecule has 0 amide bonds. The molecule has 0 saturated heterocycles. The van der Waals surface area contributed by atoms with E-state index in [1.54, 1.807) is 0 Å². The summed E-state index contributed by atoms with van der Waals surface area (Å²) in [6.07, 6.45) is 4.42. The van der Waals surface area contributed by atoms with Gasteiger partial charge >= 0.3 is 0 Å². The lowest BCUT2D eigenvalue weighted by Crippen LogP contribution is -2.36. The van der Waals surface area contributed by atoms with E-state index < -0.39 is 21.6 Å². The first kappa shape index (κ1) is 23.1. The first-order valence-corrected chi connectivity index (χ1v) is 12.0. The van der Waals surface area contributed by atoms with E-state index in [9.17, 15) is 18.3 Å². The topological polar surface area (TPSA) is 102 Å². The molecular weight excluding hydrogens is 506 g/mol. The number of anilines is 2. The first-order valence-electron chi connectivity index (χ1n) is 9.24. The number of sulfonamides is 1. The van der Waals surface area contributed by atoms with Crippen LogP contribution in [-0.2, 0) is 10.0 Å². The molecule has 1 atom stereocenters. The Balaban J connectivity index is 1.80. The summed E-state index contributed by atoms with van der Waals surface area (Å²) in [6.45, 7) is 0.395. The third-order valence-electron chi connectivity index (χ3n) is 4.38. The average molecular weight is 525 g/mol. The predicted octanol–water partition coefficient (Wildman–Crippen LogP) is 3.19. The van der Waals surface area contributed by atoms with Crippen LogP contribution in [0, 0.1) is 0 Å². The highest BCUT2D eigenvalue weighted by Crippen LogP contribution is 2.26. The third-order valence-corrected chi connectivity index (χ3v) is 6.98. The summed E-state index contributed by atoms with van der Waals surface area (Å²) in [5, 5.41) is 15.3. The zero-order chi connectivity index (χ0) is 22.4. The monoisotopic (exact) mass is 523 g/mol. The second-order valence-corrected chi connectivity index (χ2v) is 9.70. The second-order valence-electron chi connectivity index (χ2n) is 6.55. The maximum atomic E-state index is 12.9. The van der Waals surface area contributed by atoms with E-state index in [0.29, 0.717) is 18.0 Å². The van der Waals surface area contributed by atoms with Gasteiger partial charge in [0.15, 0.2) is 12.4 Å². The van der Waals surface area contributed by atoms with Crippen molar-refractivity contribution >= 4 is 54.9 Å². The van der Waals surface area contributed by atoms with E-state index in [1.165, 1.54) is 42.5 Å². The highest BCUT2D eigenvalue weighted by atomic mass is 79.9. The molecule has 1 unspecified atom stereocenters. The Hall–Kier alpha value is -2.62. The van der Waals surface area contributed by atoms with Gasteiger partial charge in [-0.05, 0) is 52.3 Å². The number of hydrogen-bond donors (Lipinski definition) is 2. The third kappa shape index (κ3) is 5.96. The smallest absolute Gasteiger partial charge is 0.262 e. The number of nitrogens with one attached hydrogen (secondary N) is 2. The minimum absolute atomic E-state index is 0.0221. The Bertz CT molecular complexity index is 1160. The molecule has 1 aromatic heterocycles. The Morgan fingerprint density at radius 1 is 1.06 bits per heavy atom. The number of halogens is 2. The summed E-state index contributed by atoms with van der Waals surface area (Å²) in [5.74, 6) is -1.59. The number of nitrogens with zero attached hydrogens (tertiary/aromatic N) is 1. The van der Waals surface area contributed by atoms with Crippen LogP contribution < -0.4 is 19.7 Å². The minimum atomic E-state index is -4.18. The largest absolute Gasteiger partial charge is 0.545 e. The lowest BCUT2D eigenvalue weighted by molar-refractivity contribution is -0.698. The fourth-order valence-electron chi connectivity index (χ4n) is 2.91. The van der Waals surface area contributed by atoms with Crippen LogP contribution in [-0.4, -0.2) is 20.9 Å². The molecule has 162 valence electrons. The summed E-state index contributed by atoms with van der Waals surface area (Å²) in [4.78, 5) is 11.4. The maximum absolute atomic E-state index is 12.9. The molecule has 1 heterocycles. The fourth-order valence-corrected chi connectivity index (χ4v) is 4.82.